The molecule has 4 N–H and O–H groups in total. The molecule has 5 rings (SSSR count). The lowest BCUT2D eigenvalue weighted by Gasteiger charge is -2.31. The van der Waals surface area contributed by atoms with Crippen LogP contribution in [0.25, 0.3) is 11.3 Å². The Balaban J connectivity index is 1.28. The highest BCUT2D eigenvalue weighted by Gasteiger charge is 2.29. The molecule has 218 valence electrons. The van der Waals surface area contributed by atoms with Gasteiger partial charge in [0.2, 0.25) is 11.8 Å². The van der Waals surface area contributed by atoms with Crippen LogP contribution in [0.1, 0.15) is 28.7 Å². The second-order valence-electron chi connectivity index (χ2n) is 10.9. The molecular weight excluding hydrogens is 534 g/mol. The van der Waals surface area contributed by atoms with E-state index in [9.17, 15) is 14.7 Å². The summed E-state index contributed by atoms with van der Waals surface area (Å²) >= 11 is 0. The second-order valence-corrected chi connectivity index (χ2v) is 10.9. The molecule has 0 saturated carbocycles. The molecule has 3 heterocycles. The molecule has 42 heavy (non-hydrogen) atoms. The number of aliphatic hydroxyl groups is 1. The highest BCUT2D eigenvalue weighted by Crippen LogP contribution is 2.33. The van der Waals surface area contributed by atoms with Crippen LogP contribution in [-0.4, -0.2) is 69.8 Å². The van der Waals surface area contributed by atoms with Gasteiger partial charge in [-0.3, -0.25) is 9.69 Å². The zero-order valence-electron chi connectivity index (χ0n) is 23.8. The van der Waals surface area contributed by atoms with E-state index in [4.69, 9.17) is 15.3 Å². The summed E-state index contributed by atoms with van der Waals surface area (Å²) in [5.41, 5.74) is 5.44. The van der Waals surface area contributed by atoms with Crippen LogP contribution >= 0.6 is 0 Å². The van der Waals surface area contributed by atoms with Gasteiger partial charge in [-0.15, -0.1) is 0 Å². The predicted octanol–water partition coefficient (Wildman–Crippen LogP) is 4.39. The third kappa shape index (κ3) is 6.44. The van der Waals surface area contributed by atoms with E-state index in [1.807, 2.05) is 43.1 Å². The van der Waals surface area contributed by atoms with Gasteiger partial charge in [-0.2, -0.15) is 0 Å². The number of aliphatic hydroxyl groups excluding tert-OH is 1. The van der Waals surface area contributed by atoms with Gasteiger partial charge < -0.3 is 30.6 Å². The number of carboxylic acid groups (broad SMARTS) is 1. The molecule has 2 aromatic carbocycles. The second kappa shape index (κ2) is 12.4. The summed E-state index contributed by atoms with van der Waals surface area (Å²) in [5, 5.41) is 29.1. The molecule has 0 aliphatic carbocycles. The third-order valence-corrected chi connectivity index (χ3v) is 7.80. The number of hydrogen-bond acceptors (Lipinski definition) is 8. The van der Waals surface area contributed by atoms with Gasteiger partial charge in [-0.05, 0) is 59.7 Å². The molecule has 2 aliphatic heterocycles. The Labute approximate surface area is 244 Å². The maximum absolute atomic E-state index is 11.9. The minimum atomic E-state index is -1.42. The molecule has 1 atom stereocenters. The average molecular weight is 570 g/mol. The number of aryl methyl sites for hydroxylation is 1. The van der Waals surface area contributed by atoms with Gasteiger partial charge in [-0.1, -0.05) is 36.4 Å². The van der Waals surface area contributed by atoms with Crippen LogP contribution in [-0.2, 0) is 29.2 Å². The fourth-order valence-corrected chi connectivity index (χ4v) is 5.63. The van der Waals surface area contributed by atoms with Crippen molar-refractivity contribution in [3.8, 4) is 17.0 Å². The Bertz CT molecular complexity index is 1550. The number of benzene rings is 2. The zero-order chi connectivity index (χ0) is 29.8. The van der Waals surface area contributed by atoms with Gasteiger partial charge in [0.15, 0.2) is 0 Å². The van der Waals surface area contributed by atoms with Crippen molar-refractivity contribution in [3.63, 3.8) is 0 Å². The van der Waals surface area contributed by atoms with Crippen LogP contribution < -0.4 is 10.1 Å². The van der Waals surface area contributed by atoms with Gasteiger partial charge in [0.1, 0.15) is 23.7 Å². The first kappa shape index (κ1) is 28.8. The number of carbonyl (C=O) groups excluding carboxylic acids is 1. The molecular formula is C32H35N5O5. The molecule has 1 aromatic heterocycles. The maximum Gasteiger partial charge on any atom is 0.342 e. The van der Waals surface area contributed by atoms with Gasteiger partial charge in [0.05, 0.1) is 5.69 Å². The van der Waals surface area contributed by atoms with Crippen molar-refractivity contribution in [2.45, 2.75) is 32.9 Å². The van der Waals surface area contributed by atoms with Crippen molar-refractivity contribution < 1.29 is 24.5 Å². The highest BCUT2D eigenvalue weighted by atomic mass is 16.5. The summed E-state index contributed by atoms with van der Waals surface area (Å²) in [6, 6.07) is 17.4. The molecule has 0 radical (unpaired) electrons. The molecule has 1 amide bonds. The number of ether oxygens (including phenoxy) is 1. The van der Waals surface area contributed by atoms with Crippen LogP contribution in [0.15, 0.2) is 66.1 Å². The van der Waals surface area contributed by atoms with Crippen molar-refractivity contribution in [2.75, 3.05) is 32.0 Å². The summed E-state index contributed by atoms with van der Waals surface area (Å²) in [7, 11) is 1.88. The van der Waals surface area contributed by atoms with Gasteiger partial charge in [-0.25, -0.2) is 9.78 Å². The van der Waals surface area contributed by atoms with E-state index in [1.54, 1.807) is 12.1 Å². The topological polar surface area (TPSA) is 139 Å². The average Bonchev–Trinajstić information content (AvgIpc) is 3.28. The number of pyridine rings is 1. The van der Waals surface area contributed by atoms with Crippen molar-refractivity contribution >= 4 is 23.9 Å². The largest absolute Gasteiger partial charge is 0.494 e. The number of para-hydroxylation sites is 1. The van der Waals surface area contributed by atoms with Crippen LogP contribution in [0.3, 0.4) is 0 Å². The third-order valence-electron chi connectivity index (χ3n) is 7.80. The number of likely N-dealkylation sites (tertiary alicyclic amines) is 1. The zero-order valence-corrected chi connectivity index (χ0v) is 23.8. The molecule has 10 nitrogen and oxygen atoms in total. The number of carbonyl (C=O) groups is 2. The first-order valence-corrected chi connectivity index (χ1v) is 13.9. The number of rotatable bonds is 10. The molecule has 1 saturated heterocycles. The summed E-state index contributed by atoms with van der Waals surface area (Å²) < 4.78 is 6.36. The first-order valence-electron chi connectivity index (χ1n) is 13.9. The van der Waals surface area contributed by atoms with Crippen molar-refractivity contribution in [3.05, 3.63) is 88.3 Å². The number of nitrogens with one attached hydrogen (secondary N) is 2. The van der Waals surface area contributed by atoms with E-state index in [0.717, 1.165) is 49.3 Å². The first-order chi connectivity index (χ1) is 20.2. The number of fused-ring (bicyclic) bond motifs is 1. The molecule has 2 aliphatic rings. The fraction of sp³-hybridized carbons (Fsp3) is 0.312. The lowest BCUT2D eigenvalue weighted by molar-refractivity contribution is -0.132. The number of aliphatic carboxylic acids is 1. The monoisotopic (exact) mass is 569 g/mol. The summed E-state index contributed by atoms with van der Waals surface area (Å²) in [6.07, 6.45) is 2.17. The number of carboxylic acids is 1. The Morgan fingerprint density at radius 3 is 2.71 bits per heavy atom. The lowest BCUT2D eigenvalue weighted by atomic mass is 9.96. The van der Waals surface area contributed by atoms with Crippen molar-refractivity contribution in [2.24, 2.45) is 5.92 Å². The Hall–Kier alpha value is -4.70. The van der Waals surface area contributed by atoms with Crippen LogP contribution in [0.2, 0.25) is 0 Å². The number of nitrogens with zero attached hydrogens (tertiary/aromatic N) is 3. The van der Waals surface area contributed by atoms with E-state index in [1.165, 1.54) is 11.1 Å². The van der Waals surface area contributed by atoms with Gasteiger partial charge in [0.25, 0.3) is 0 Å². The van der Waals surface area contributed by atoms with Crippen molar-refractivity contribution in [1.82, 2.24) is 14.8 Å². The molecule has 0 spiro atoms. The Kier molecular flexibility index (Phi) is 8.53. The summed E-state index contributed by atoms with van der Waals surface area (Å²) in [5.74, 6) is -0.531. The Morgan fingerprint density at radius 2 is 1.98 bits per heavy atom. The molecule has 1 fully saturated rings. The van der Waals surface area contributed by atoms with E-state index in [0.29, 0.717) is 36.6 Å². The SMILES string of the molecule is Cc1cccc(-c2cccc(N/C(O)=C(\C=N)C(=O)O)n2)c1OCc1ccc2c(c1)CCN(CC1CC(=O)N(C)C1)C2. The normalized spacial score (nSPS) is 17.4. The van der Waals surface area contributed by atoms with E-state index in [2.05, 4.69) is 33.4 Å². The highest BCUT2D eigenvalue weighted by molar-refractivity contribution is 6.08. The quantitative estimate of drug-likeness (QED) is 0.160. The standard InChI is InChI=1S/C32H35N5O5/c1-20-5-3-6-25(27-7-4-8-28(34-27)35-31(39)26(15-33)32(40)41)30(20)42-19-21-9-10-24-18-37(12-11-23(24)13-21)17-22-14-29(38)36(2)16-22/h3-10,13,15,22,33,39H,11-12,14,16-19H2,1-2H3,(H,34,35)(H,40,41)/b31-26-,33-15?. The number of anilines is 1. The van der Waals surface area contributed by atoms with Crippen LogP contribution in [0, 0.1) is 18.3 Å². The minimum absolute atomic E-state index is 0.230. The van der Waals surface area contributed by atoms with E-state index < -0.39 is 17.4 Å². The molecule has 3 aromatic rings. The smallest absolute Gasteiger partial charge is 0.342 e. The van der Waals surface area contributed by atoms with E-state index >= 15 is 0 Å². The fourth-order valence-electron chi connectivity index (χ4n) is 5.63. The molecule has 10 heteroatoms. The maximum atomic E-state index is 11.9. The van der Waals surface area contributed by atoms with Crippen molar-refractivity contribution in [1.29, 1.82) is 5.41 Å². The summed E-state index contributed by atoms with van der Waals surface area (Å²) in [6.45, 7) is 6.00. The predicted molar refractivity (Wildman–Crippen MR) is 160 cm³/mol. The Morgan fingerprint density at radius 1 is 1.17 bits per heavy atom. The van der Waals surface area contributed by atoms with Crippen LogP contribution in [0.5, 0.6) is 5.75 Å². The summed E-state index contributed by atoms with van der Waals surface area (Å²) in [4.78, 5) is 32.0. The molecule has 0 bridgehead atoms. The van der Waals surface area contributed by atoms with Gasteiger partial charge >= 0.3 is 5.97 Å². The van der Waals surface area contributed by atoms with Gasteiger partial charge in [0, 0.05) is 51.4 Å². The van der Waals surface area contributed by atoms with Crippen LogP contribution in [0.4, 0.5) is 5.82 Å². The molecule has 1 unspecified atom stereocenters. The van der Waals surface area contributed by atoms with E-state index in [-0.39, 0.29) is 11.7 Å². The number of aromatic nitrogens is 1. The number of amides is 1. The lowest BCUT2D eigenvalue weighted by Crippen LogP contribution is -2.35. The number of hydrogen-bond donors (Lipinski definition) is 4. The minimum Gasteiger partial charge on any atom is -0.494 e.